The Morgan fingerprint density at radius 2 is 1.69 bits per heavy atom. The third-order valence-electron chi connectivity index (χ3n) is 4.46. The van der Waals surface area contributed by atoms with Crippen molar-refractivity contribution in [1.29, 1.82) is 0 Å². The molecule has 0 saturated carbocycles. The van der Waals surface area contributed by atoms with Gasteiger partial charge in [0.15, 0.2) is 0 Å². The fourth-order valence-corrected chi connectivity index (χ4v) is 3.06. The predicted octanol–water partition coefficient (Wildman–Crippen LogP) is 3.79. The van der Waals surface area contributed by atoms with E-state index in [1.54, 1.807) is 12.1 Å². The number of hydrazone groups is 1. The van der Waals surface area contributed by atoms with Gasteiger partial charge in [-0.15, -0.1) is 0 Å². The summed E-state index contributed by atoms with van der Waals surface area (Å²) in [5.41, 5.74) is 3.12. The van der Waals surface area contributed by atoms with E-state index in [-0.39, 0.29) is 5.69 Å². The zero-order valence-corrected chi connectivity index (χ0v) is 15.4. The third kappa shape index (κ3) is 4.80. The van der Waals surface area contributed by atoms with E-state index in [1.165, 1.54) is 17.7 Å². The van der Waals surface area contributed by atoms with Crippen molar-refractivity contribution in [2.75, 3.05) is 26.2 Å². The molecular weight excluding hydrogens is 352 g/mol. The molecule has 0 spiro atoms. The first-order valence-electron chi connectivity index (χ1n) is 8.53. The summed E-state index contributed by atoms with van der Waals surface area (Å²) in [6, 6.07) is 14.5. The van der Waals surface area contributed by atoms with Crippen LogP contribution in [0.15, 0.2) is 53.6 Å². The Hall–Kier alpha value is -2.44. The van der Waals surface area contributed by atoms with Crippen molar-refractivity contribution in [1.82, 2.24) is 9.91 Å². The molecule has 0 unspecified atom stereocenters. The fraction of sp³-hybridized carbons (Fsp3) is 0.316. The molecular formula is C19H21ClN4O2. The van der Waals surface area contributed by atoms with Crippen molar-refractivity contribution in [3.63, 3.8) is 0 Å². The Balaban J connectivity index is 1.54. The highest BCUT2D eigenvalue weighted by Gasteiger charge is 2.16. The fourth-order valence-electron chi connectivity index (χ4n) is 2.94. The molecule has 0 N–H and O–H groups in total. The third-order valence-corrected chi connectivity index (χ3v) is 4.71. The lowest BCUT2D eigenvalue weighted by molar-refractivity contribution is -0.384. The summed E-state index contributed by atoms with van der Waals surface area (Å²) in [5, 5.41) is 18.2. The van der Waals surface area contributed by atoms with Gasteiger partial charge < -0.3 is 0 Å². The lowest BCUT2D eigenvalue weighted by Gasteiger charge is -2.33. The Labute approximate surface area is 157 Å². The van der Waals surface area contributed by atoms with Crippen LogP contribution in [-0.2, 0) is 6.54 Å². The van der Waals surface area contributed by atoms with Crippen molar-refractivity contribution in [3.05, 3.63) is 74.8 Å². The number of non-ortho nitro benzene ring substituents is 1. The molecule has 0 amide bonds. The maximum atomic E-state index is 10.7. The average molecular weight is 373 g/mol. The van der Waals surface area contributed by atoms with Gasteiger partial charge in [-0.25, -0.2) is 0 Å². The number of nitro groups is 1. The van der Waals surface area contributed by atoms with Crippen LogP contribution < -0.4 is 0 Å². The molecule has 6 nitrogen and oxygen atoms in total. The van der Waals surface area contributed by atoms with Crippen LogP contribution in [0.1, 0.15) is 18.1 Å². The maximum absolute atomic E-state index is 10.7. The van der Waals surface area contributed by atoms with Gasteiger partial charge in [0.2, 0.25) is 0 Å². The highest BCUT2D eigenvalue weighted by molar-refractivity contribution is 6.30. The summed E-state index contributed by atoms with van der Waals surface area (Å²) in [6.07, 6.45) is 0. The Morgan fingerprint density at radius 3 is 2.27 bits per heavy atom. The average Bonchev–Trinajstić information content (AvgIpc) is 2.65. The lowest BCUT2D eigenvalue weighted by Crippen LogP contribution is -2.43. The predicted molar refractivity (Wildman–Crippen MR) is 104 cm³/mol. The first kappa shape index (κ1) is 18.4. The van der Waals surface area contributed by atoms with Crippen LogP contribution >= 0.6 is 11.6 Å². The molecule has 26 heavy (non-hydrogen) atoms. The second kappa shape index (κ2) is 8.29. The normalized spacial score (nSPS) is 15.9. The van der Waals surface area contributed by atoms with Crippen LogP contribution in [0.2, 0.25) is 5.02 Å². The second-order valence-electron chi connectivity index (χ2n) is 6.35. The summed E-state index contributed by atoms with van der Waals surface area (Å²) in [4.78, 5) is 12.7. The lowest BCUT2D eigenvalue weighted by atomic mass is 10.1. The Bertz CT molecular complexity index is 782. The van der Waals surface area contributed by atoms with Crippen LogP contribution in [0, 0.1) is 10.1 Å². The summed E-state index contributed by atoms with van der Waals surface area (Å²) < 4.78 is 0. The topological polar surface area (TPSA) is 62.0 Å². The number of nitrogens with zero attached hydrogens (tertiary/aromatic N) is 4. The number of hydrogen-bond donors (Lipinski definition) is 0. The molecule has 1 heterocycles. The molecule has 1 aliphatic rings. The SMILES string of the molecule is CC(=NN1CCN(Cc2ccc(Cl)cc2)CC1)c1ccc([N+](=O)[O-])cc1. The molecule has 0 radical (unpaired) electrons. The first-order chi connectivity index (χ1) is 12.5. The number of rotatable bonds is 5. The summed E-state index contributed by atoms with van der Waals surface area (Å²) in [6.45, 7) is 6.45. The van der Waals surface area contributed by atoms with Crippen LogP contribution in [-0.4, -0.2) is 46.7 Å². The largest absolute Gasteiger partial charge is 0.295 e. The van der Waals surface area contributed by atoms with Crippen LogP contribution in [0.5, 0.6) is 0 Å². The number of benzene rings is 2. The zero-order chi connectivity index (χ0) is 18.5. The van der Waals surface area contributed by atoms with Gasteiger partial charge in [-0.1, -0.05) is 23.7 Å². The molecule has 2 aromatic rings. The molecule has 1 fully saturated rings. The number of halogens is 1. The molecule has 0 atom stereocenters. The number of hydrogen-bond acceptors (Lipinski definition) is 5. The summed E-state index contributed by atoms with van der Waals surface area (Å²) in [7, 11) is 0. The van der Waals surface area contributed by atoms with E-state index in [0.717, 1.165) is 49.0 Å². The van der Waals surface area contributed by atoms with Crippen LogP contribution in [0.25, 0.3) is 0 Å². The number of nitro benzene ring substituents is 1. The number of piperazine rings is 1. The summed E-state index contributed by atoms with van der Waals surface area (Å²) >= 11 is 5.93. The van der Waals surface area contributed by atoms with E-state index in [0.29, 0.717) is 0 Å². The monoisotopic (exact) mass is 372 g/mol. The van der Waals surface area contributed by atoms with Crippen LogP contribution in [0.4, 0.5) is 5.69 Å². The Morgan fingerprint density at radius 1 is 1.08 bits per heavy atom. The molecule has 136 valence electrons. The molecule has 1 saturated heterocycles. The quantitative estimate of drug-likeness (QED) is 0.455. The molecule has 7 heteroatoms. The molecule has 0 aromatic heterocycles. The molecule has 2 aromatic carbocycles. The van der Waals surface area contributed by atoms with E-state index < -0.39 is 4.92 Å². The molecule has 1 aliphatic heterocycles. The Kier molecular flexibility index (Phi) is 5.85. The van der Waals surface area contributed by atoms with Gasteiger partial charge in [-0.3, -0.25) is 20.0 Å². The molecule has 0 aliphatic carbocycles. The van der Waals surface area contributed by atoms with Gasteiger partial charge in [0.25, 0.3) is 5.69 Å². The summed E-state index contributed by atoms with van der Waals surface area (Å²) in [5.74, 6) is 0. The zero-order valence-electron chi connectivity index (χ0n) is 14.6. The van der Waals surface area contributed by atoms with E-state index in [2.05, 4.69) is 27.1 Å². The van der Waals surface area contributed by atoms with Gasteiger partial charge in [-0.2, -0.15) is 5.10 Å². The molecule has 3 rings (SSSR count). The van der Waals surface area contributed by atoms with Crippen molar-refractivity contribution >= 4 is 23.0 Å². The standard InChI is InChI=1S/C19H21ClN4O2/c1-15(17-4-8-19(9-5-17)24(25)26)21-23-12-10-22(11-13-23)14-16-2-6-18(20)7-3-16/h2-9H,10-14H2,1H3. The van der Waals surface area contributed by atoms with Gasteiger partial charge in [0, 0.05) is 49.9 Å². The molecule has 0 bridgehead atoms. The van der Waals surface area contributed by atoms with Gasteiger partial charge in [-0.05, 0) is 42.3 Å². The van der Waals surface area contributed by atoms with Gasteiger partial charge in [0.05, 0.1) is 10.6 Å². The minimum atomic E-state index is -0.393. The van der Waals surface area contributed by atoms with E-state index >= 15 is 0 Å². The minimum absolute atomic E-state index is 0.0948. The minimum Gasteiger partial charge on any atom is -0.295 e. The van der Waals surface area contributed by atoms with Crippen molar-refractivity contribution in [2.45, 2.75) is 13.5 Å². The first-order valence-corrected chi connectivity index (χ1v) is 8.91. The van der Waals surface area contributed by atoms with Crippen molar-refractivity contribution in [2.24, 2.45) is 5.10 Å². The maximum Gasteiger partial charge on any atom is 0.269 e. The van der Waals surface area contributed by atoms with E-state index in [4.69, 9.17) is 11.6 Å². The van der Waals surface area contributed by atoms with Gasteiger partial charge in [0.1, 0.15) is 0 Å². The van der Waals surface area contributed by atoms with Crippen molar-refractivity contribution in [3.8, 4) is 0 Å². The second-order valence-corrected chi connectivity index (χ2v) is 6.78. The van der Waals surface area contributed by atoms with Gasteiger partial charge >= 0.3 is 0 Å². The highest BCUT2D eigenvalue weighted by atomic mass is 35.5. The smallest absolute Gasteiger partial charge is 0.269 e. The van der Waals surface area contributed by atoms with Crippen LogP contribution in [0.3, 0.4) is 0 Å². The highest BCUT2D eigenvalue weighted by Crippen LogP contribution is 2.15. The van der Waals surface area contributed by atoms with Crippen molar-refractivity contribution < 1.29 is 4.92 Å². The van der Waals surface area contributed by atoms with E-state index in [1.807, 2.05) is 19.1 Å². The van der Waals surface area contributed by atoms with E-state index in [9.17, 15) is 10.1 Å².